The number of nitrogens with zero attached hydrogens (tertiary/aromatic N) is 6. The molecule has 1 unspecified atom stereocenters. The fourth-order valence-electron chi connectivity index (χ4n) is 7.75. The van der Waals surface area contributed by atoms with Gasteiger partial charge in [-0.15, -0.1) is 0 Å². The summed E-state index contributed by atoms with van der Waals surface area (Å²) >= 11 is 0. The van der Waals surface area contributed by atoms with Crippen LogP contribution in [-0.4, -0.2) is 81.8 Å². The van der Waals surface area contributed by atoms with Crippen molar-refractivity contribution in [2.24, 2.45) is 0 Å². The Morgan fingerprint density at radius 1 is 0.871 bits per heavy atom. The summed E-state index contributed by atoms with van der Waals surface area (Å²) < 4.78 is 43.0. The minimum atomic E-state index is -1.66. The molecular weight excluding hydrogens is 806 g/mol. The molecule has 1 aliphatic rings. The second kappa shape index (κ2) is 20.4. The maximum absolute atomic E-state index is 13.2. The van der Waals surface area contributed by atoms with Crippen molar-refractivity contribution in [3.05, 3.63) is 144 Å². The molecule has 62 heavy (non-hydrogen) atoms. The fourth-order valence-corrected chi connectivity index (χ4v) is 9.51. The lowest BCUT2D eigenvalue weighted by atomic mass is 9.80. The molecule has 6 aromatic rings. The van der Waals surface area contributed by atoms with Gasteiger partial charge < -0.3 is 33.3 Å². The van der Waals surface area contributed by atoms with E-state index in [-0.39, 0.29) is 43.4 Å². The van der Waals surface area contributed by atoms with Crippen LogP contribution in [0.3, 0.4) is 0 Å². The molecule has 3 heterocycles. The van der Waals surface area contributed by atoms with Crippen molar-refractivity contribution in [2.75, 3.05) is 32.8 Å². The Bertz CT molecular complexity index is 2360. The molecule has 1 fully saturated rings. The lowest BCUT2D eigenvalue weighted by Gasteiger charge is -2.39. The molecular formula is C47H52N7O7P. The van der Waals surface area contributed by atoms with Crippen LogP contribution < -0.4 is 14.8 Å². The highest BCUT2D eigenvalue weighted by Crippen LogP contribution is 2.51. The third kappa shape index (κ3) is 9.64. The van der Waals surface area contributed by atoms with Gasteiger partial charge in [0.25, 0.3) is 14.4 Å². The van der Waals surface area contributed by atoms with Gasteiger partial charge in [0.05, 0.1) is 52.4 Å². The van der Waals surface area contributed by atoms with E-state index in [2.05, 4.69) is 70.8 Å². The van der Waals surface area contributed by atoms with Crippen LogP contribution in [0.15, 0.2) is 122 Å². The number of fused-ring (bicyclic) bond motifs is 1. The van der Waals surface area contributed by atoms with Gasteiger partial charge in [0.2, 0.25) is 0 Å². The monoisotopic (exact) mass is 857 g/mol. The van der Waals surface area contributed by atoms with E-state index in [4.69, 9.17) is 28.0 Å². The molecule has 1 aliphatic heterocycles. The van der Waals surface area contributed by atoms with Gasteiger partial charge >= 0.3 is 0 Å². The van der Waals surface area contributed by atoms with Gasteiger partial charge in [-0.3, -0.25) is 9.36 Å². The van der Waals surface area contributed by atoms with E-state index in [1.54, 1.807) is 44.8 Å². The smallest absolute Gasteiger partial charge is 0.259 e. The van der Waals surface area contributed by atoms with Crippen LogP contribution >= 0.6 is 8.53 Å². The molecule has 0 spiro atoms. The molecule has 1 amide bonds. The molecule has 2 aromatic heterocycles. The quantitative estimate of drug-likeness (QED) is 0.0469. The van der Waals surface area contributed by atoms with Crippen molar-refractivity contribution in [2.45, 2.75) is 76.7 Å². The van der Waals surface area contributed by atoms with E-state index >= 15 is 0 Å². The molecule has 0 radical (unpaired) electrons. The molecule has 1 N–H and O–H groups in total. The molecule has 4 atom stereocenters. The van der Waals surface area contributed by atoms with Gasteiger partial charge in [-0.05, 0) is 80.8 Å². The van der Waals surface area contributed by atoms with Crippen LogP contribution in [0.1, 0.15) is 73.8 Å². The summed E-state index contributed by atoms with van der Waals surface area (Å²) in [5, 5.41) is 12.3. The predicted molar refractivity (Wildman–Crippen MR) is 237 cm³/mol. The highest BCUT2D eigenvalue weighted by Gasteiger charge is 2.45. The van der Waals surface area contributed by atoms with Crippen LogP contribution in [0.5, 0.6) is 11.5 Å². The first kappa shape index (κ1) is 44.3. The Hall–Kier alpha value is -5.78. The van der Waals surface area contributed by atoms with Crippen LogP contribution in [0, 0.1) is 11.3 Å². The number of amides is 1. The first-order valence-electron chi connectivity index (χ1n) is 20.6. The predicted octanol–water partition coefficient (Wildman–Crippen LogP) is 9.05. The summed E-state index contributed by atoms with van der Waals surface area (Å²) in [6.07, 6.45) is 1.84. The zero-order valence-corrected chi connectivity index (χ0v) is 36.6. The largest absolute Gasteiger partial charge is 0.497 e. The highest BCUT2D eigenvalue weighted by atomic mass is 31.2. The van der Waals surface area contributed by atoms with Gasteiger partial charge in [-0.25, -0.2) is 19.6 Å². The number of nitrogens with one attached hydrogen (secondary N) is 1. The van der Waals surface area contributed by atoms with E-state index in [0.29, 0.717) is 34.6 Å². The average Bonchev–Trinajstić information content (AvgIpc) is 3.92. The number of hydrogen-bond donors (Lipinski definition) is 1. The Morgan fingerprint density at radius 3 is 2.05 bits per heavy atom. The summed E-state index contributed by atoms with van der Waals surface area (Å²) in [5.74, 6) is 1.39. The number of anilines is 1. The van der Waals surface area contributed by atoms with Crippen molar-refractivity contribution in [1.29, 1.82) is 5.26 Å². The SMILES string of the molecule is COc1ccc(C(OC[C@H]2O[C@@H](n3cnc4c(NC(=O)c5ccccc5)ncnc43)C[C@H]2OP(OCCC#N)N(C(C)C)C(C)C)(c2ccccc2)c2ccc(OC)cc2)cc1. The first-order valence-corrected chi connectivity index (χ1v) is 21.7. The van der Waals surface area contributed by atoms with Crippen LogP contribution in [0.25, 0.3) is 11.2 Å². The van der Waals surface area contributed by atoms with Gasteiger partial charge in [0.15, 0.2) is 17.0 Å². The summed E-state index contributed by atoms with van der Waals surface area (Å²) in [4.78, 5) is 26.8. The van der Waals surface area contributed by atoms with Crippen molar-refractivity contribution < 1.29 is 32.8 Å². The first-order chi connectivity index (χ1) is 30.2. The average molecular weight is 858 g/mol. The summed E-state index contributed by atoms with van der Waals surface area (Å²) in [6, 6.07) is 37.1. The number of imidazole rings is 1. The fraction of sp³-hybridized carbons (Fsp3) is 0.340. The number of ether oxygens (including phenoxy) is 4. The molecule has 7 rings (SSSR count). The van der Waals surface area contributed by atoms with Crippen molar-refractivity contribution in [3.63, 3.8) is 0 Å². The van der Waals surface area contributed by atoms with Crippen LogP contribution in [0.2, 0.25) is 0 Å². The molecule has 322 valence electrons. The van der Waals surface area contributed by atoms with E-state index in [9.17, 15) is 10.1 Å². The van der Waals surface area contributed by atoms with Crippen molar-refractivity contribution in [1.82, 2.24) is 24.2 Å². The lowest BCUT2D eigenvalue weighted by Crippen LogP contribution is -2.39. The maximum Gasteiger partial charge on any atom is 0.259 e. The standard InChI is InChI=1S/C47H52N7O7P/c1-32(2)54(33(3)4)62(59-27-13-26-48)61-40-28-42(53-31-51-43-44(49-30-50-45(43)53)52-46(55)34-14-9-7-10-15-34)60-41(40)29-58-47(35-16-11-8-12-17-35,36-18-22-38(56-5)23-19-36)37-20-24-39(57-6)25-21-37/h7-12,14-25,30-33,40-42H,13,27-29H2,1-6H3,(H,49,50,52,55)/t40-,41-,42-,62?/m1/s1. The van der Waals surface area contributed by atoms with Crippen LogP contribution in [0.4, 0.5) is 5.82 Å². The number of rotatable bonds is 19. The second-order valence-corrected chi connectivity index (χ2v) is 16.6. The number of hydrogen-bond acceptors (Lipinski definition) is 12. The molecule has 14 nitrogen and oxygen atoms in total. The summed E-state index contributed by atoms with van der Waals surface area (Å²) in [5.41, 5.74) is 2.89. The number of carbonyl (C=O) groups excluding carboxylic acids is 1. The molecule has 4 aromatic carbocycles. The van der Waals surface area contributed by atoms with Gasteiger partial charge in [0, 0.05) is 24.1 Å². The number of carbonyl (C=O) groups is 1. The molecule has 1 saturated heterocycles. The summed E-state index contributed by atoms with van der Waals surface area (Å²) in [6.45, 7) is 8.70. The van der Waals surface area contributed by atoms with E-state index in [1.165, 1.54) is 6.33 Å². The maximum atomic E-state index is 13.2. The number of nitriles is 1. The second-order valence-electron chi connectivity index (χ2n) is 15.2. The Kier molecular flexibility index (Phi) is 14.6. The van der Waals surface area contributed by atoms with Crippen molar-refractivity contribution >= 4 is 31.4 Å². The molecule has 0 aliphatic carbocycles. The van der Waals surface area contributed by atoms with Gasteiger partial charge in [0.1, 0.15) is 35.8 Å². The summed E-state index contributed by atoms with van der Waals surface area (Å²) in [7, 11) is 1.62. The van der Waals surface area contributed by atoms with Gasteiger partial charge in [-0.1, -0.05) is 72.8 Å². The Balaban J connectivity index is 1.28. The minimum absolute atomic E-state index is 0.0747. The van der Waals surface area contributed by atoms with Crippen LogP contribution in [-0.2, 0) is 24.1 Å². The number of benzene rings is 4. The molecule has 15 heteroatoms. The van der Waals surface area contributed by atoms with E-state index in [0.717, 1.165) is 16.7 Å². The lowest BCUT2D eigenvalue weighted by molar-refractivity contribution is -0.0912. The normalized spacial score (nSPS) is 17.1. The number of methoxy groups -OCH3 is 2. The van der Waals surface area contributed by atoms with E-state index < -0.39 is 32.6 Å². The zero-order chi connectivity index (χ0) is 43.6. The third-order valence-corrected chi connectivity index (χ3v) is 12.8. The number of aromatic nitrogens is 4. The van der Waals surface area contributed by atoms with Gasteiger partial charge in [-0.2, -0.15) is 5.26 Å². The van der Waals surface area contributed by atoms with Crippen molar-refractivity contribution in [3.8, 4) is 17.6 Å². The third-order valence-electron chi connectivity index (χ3n) is 10.6. The topological polar surface area (TPSA) is 155 Å². The Morgan fingerprint density at radius 2 is 1.47 bits per heavy atom. The Labute approximate surface area is 363 Å². The minimum Gasteiger partial charge on any atom is -0.497 e. The molecule has 0 saturated carbocycles. The highest BCUT2D eigenvalue weighted by molar-refractivity contribution is 7.44. The zero-order valence-electron chi connectivity index (χ0n) is 35.8. The molecule has 0 bridgehead atoms. The van der Waals surface area contributed by atoms with E-state index in [1.807, 2.05) is 77.4 Å².